The van der Waals surface area contributed by atoms with Crippen LogP contribution in [0.3, 0.4) is 0 Å². The Balaban J connectivity index is 0.00000225. The predicted octanol–water partition coefficient (Wildman–Crippen LogP) is 0.863. The van der Waals surface area contributed by atoms with Gasteiger partial charge in [-0.3, -0.25) is 9.59 Å². The van der Waals surface area contributed by atoms with E-state index in [1.54, 1.807) is 4.90 Å². The Morgan fingerprint density at radius 3 is 2.64 bits per heavy atom. The van der Waals surface area contributed by atoms with Crippen LogP contribution in [0.15, 0.2) is 24.3 Å². The second kappa shape index (κ2) is 9.17. The fraction of sp³-hybridized carbons (Fsp3) is 0.556. The highest BCUT2D eigenvalue weighted by Crippen LogP contribution is 2.19. The molecule has 3 rings (SSSR count). The van der Waals surface area contributed by atoms with Gasteiger partial charge in [0.2, 0.25) is 11.8 Å². The summed E-state index contributed by atoms with van der Waals surface area (Å²) in [4.78, 5) is 26.3. The van der Waals surface area contributed by atoms with Gasteiger partial charge in [0, 0.05) is 26.3 Å². The monoisotopic (exact) mass is 367 g/mol. The van der Waals surface area contributed by atoms with Crippen LogP contribution in [0.25, 0.3) is 0 Å². The maximum absolute atomic E-state index is 12.4. The fourth-order valence-electron chi connectivity index (χ4n) is 3.39. The lowest BCUT2D eigenvalue weighted by Gasteiger charge is -2.30. The minimum absolute atomic E-state index is 0. The van der Waals surface area contributed by atoms with Gasteiger partial charge in [-0.05, 0) is 36.3 Å². The highest BCUT2D eigenvalue weighted by atomic mass is 35.5. The number of amides is 2. The number of nitrogens with zero attached hydrogens (tertiary/aromatic N) is 1. The highest BCUT2D eigenvalue weighted by Gasteiger charge is 2.27. The molecule has 1 aromatic carbocycles. The predicted molar refractivity (Wildman–Crippen MR) is 97.3 cm³/mol. The normalized spacial score (nSPS) is 18.7. The molecule has 0 saturated carbocycles. The lowest BCUT2D eigenvalue weighted by molar-refractivity contribution is -0.134. The van der Waals surface area contributed by atoms with E-state index >= 15 is 0 Å². The van der Waals surface area contributed by atoms with Gasteiger partial charge >= 0.3 is 0 Å². The lowest BCUT2D eigenvalue weighted by atomic mass is 9.92. The molecular weight excluding hydrogens is 342 g/mol. The molecule has 0 radical (unpaired) electrons. The van der Waals surface area contributed by atoms with Crippen LogP contribution in [-0.4, -0.2) is 49.1 Å². The van der Waals surface area contributed by atoms with E-state index in [4.69, 9.17) is 10.5 Å². The van der Waals surface area contributed by atoms with Crippen molar-refractivity contribution in [3.05, 3.63) is 35.4 Å². The first-order valence-corrected chi connectivity index (χ1v) is 8.61. The molecule has 3 N–H and O–H groups in total. The molecule has 25 heavy (non-hydrogen) atoms. The van der Waals surface area contributed by atoms with E-state index in [1.165, 1.54) is 11.1 Å². The van der Waals surface area contributed by atoms with Crippen LogP contribution in [0.1, 0.15) is 24.0 Å². The number of nitrogens with one attached hydrogen (secondary N) is 1. The second-order valence-corrected chi connectivity index (χ2v) is 6.53. The van der Waals surface area contributed by atoms with E-state index in [0.29, 0.717) is 26.3 Å². The van der Waals surface area contributed by atoms with E-state index in [9.17, 15) is 9.59 Å². The van der Waals surface area contributed by atoms with Crippen molar-refractivity contribution in [2.75, 3.05) is 26.3 Å². The first-order valence-electron chi connectivity index (χ1n) is 8.61. The zero-order chi connectivity index (χ0) is 16.9. The maximum atomic E-state index is 12.4. The number of nitrogens with two attached hydrogens (primary N) is 1. The van der Waals surface area contributed by atoms with Crippen LogP contribution in [0, 0.1) is 5.92 Å². The van der Waals surface area contributed by atoms with Gasteiger partial charge in [0.1, 0.15) is 0 Å². The molecule has 1 unspecified atom stereocenters. The van der Waals surface area contributed by atoms with Gasteiger partial charge in [0.05, 0.1) is 12.6 Å². The summed E-state index contributed by atoms with van der Waals surface area (Å²) in [6, 6.07) is 7.60. The average molecular weight is 368 g/mol. The van der Waals surface area contributed by atoms with E-state index in [2.05, 4.69) is 17.4 Å². The van der Waals surface area contributed by atoms with Gasteiger partial charge in [-0.1, -0.05) is 24.3 Å². The third-order valence-corrected chi connectivity index (χ3v) is 4.97. The molecular formula is C18H26ClN3O3. The molecule has 1 aromatic rings. The largest absolute Gasteiger partial charge is 0.381 e. The summed E-state index contributed by atoms with van der Waals surface area (Å²) < 4.78 is 5.29. The molecule has 2 aliphatic heterocycles. The van der Waals surface area contributed by atoms with Crippen molar-refractivity contribution in [1.29, 1.82) is 0 Å². The Hall–Kier alpha value is -1.63. The molecule has 0 aromatic heterocycles. The molecule has 0 spiro atoms. The molecule has 1 saturated heterocycles. The van der Waals surface area contributed by atoms with Crippen molar-refractivity contribution in [2.45, 2.75) is 31.8 Å². The number of ether oxygens (including phenoxy) is 1. The highest BCUT2D eigenvalue weighted by molar-refractivity contribution is 5.87. The number of rotatable bonds is 4. The molecule has 1 atom stereocenters. The molecule has 2 heterocycles. The van der Waals surface area contributed by atoms with Crippen molar-refractivity contribution in [2.24, 2.45) is 11.7 Å². The first kappa shape index (κ1) is 19.7. The number of fused-ring (bicyclic) bond motifs is 1. The SMILES string of the molecule is Cl.NC(C(=O)NCC(=O)N1CCc2ccccc2C1)C1CCOCC1. The number of halogens is 1. The standard InChI is InChI=1S/C18H25N3O3.ClH/c19-17(14-6-9-24-10-7-14)18(23)20-11-16(22)21-8-5-13-3-1-2-4-15(13)12-21;/h1-4,14,17H,5-12,19H2,(H,20,23);1H. The Labute approximate surface area is 154 Å². The number of hydrogen-bond donors (Lipinski definition) is 2. The minimum atomic E-state index is -0.566. The summed E-state index contributed by atoms with van der Waals surface area (Å²) >= 11 is 0. The zero-order valence-corrected chi connectivity index (χ0v) is 15.1. The number of benzene rings is 1. The van der Waals surface area contributed by atoms with Crippen LogP contribution < -0.4 is 11.1 Å². The summed E-state index contributed by atoms with van der Waals surface area (Å²) in [7, 11) is 0. The van der Waals surface area contributed by atoms with Crippen LogP contribution in [-0.2, 0) is 27.3 Å². The summed E-state index contributed by atoms with van der Waals surface area (Å²) in [5, 5.41) is 2.70. The Bertz CT molecular complexity index is 605. The van der Waals surface area contributed by atoms with Crippen molar-refractivity contribution in [3.8, 4) is 0 Å². The minimum Gasteiger partial charge on any atom is -0.381 e. The molecule has 2 aliphatic rings. The third-order valence-electron chi connectivity index (χ3n) is 4.97. The summed E-state index contributed by atoms with van der Waals surface area (Å²) in [6.45, 7) is 2.61. The maximum Gasteiger partial charge on any atom is 0.242 e. The smallest absolute Gasteiger partial charge is 0.242 e. The van der Waals surface area contributed by atoms with E-state index < -0.39 is 6.04 Å². The van der Waals surface area contributed by atoms with Crippen LogP contribution in [0.4, 0.5) is 0 Å². The van der Waals surface area contributed by atoms with Gasteiger partial charge in [-0.15, -0.1) is 12.4 Å². The molecule has 0 bridgehead atoms. The van der Waals surface area contributed by atoms with Crippen molar-refractivity contribution < 1.29 is 14.3 Å². The van der Waals surface area contributed by atoms with Gasteiger partial charge < -0.3 is 20.7 Å². The average Bonchev–Trinajstić information content (AvgIpc) is 2.65. The summed E-state index contributed by atoms with van der Waals surface area (Å²) in [5.74, 6) is -0.166. The zero-order valence-electron chi connectivity index (χ0n) is 14.3. The molecule has 138 valence electrons. The molecule has 0 aliphatic carbocycles. The van der Waals surface area contributed by atoms with Crippen LogP contribution >= 0.6 is 12.4 Å². The van der Waals surface area contributed by atoms with Gasteiger partial charge in [0.25, 0.3) is 0 Å². The summed E-state index contributed by atoms with van der Waals surface area (Å²) in [6.07, 6.45) is 2.45. The van der Waals surface area contributed by atoms with Gasteiger partial charge in [-0.25, -0.2) is 0 Å². The third kappa shape index (κ3) is 4.93. The van der Waals surface area contributed by atoms with Gasteiger partial charge in [0.15, 0.2) is 0 Å². The number of carbonyl (C=O) groups is 2. The number of carbonyl (C=O) groups excluding carboxylic acids is 2. The van der Waals surface area contributed by atoms with Crippen molar-refractivity contribution >= 4 is 24.2 Å². The van der Waals surface area contributed by atoms with E-state index in [-0.39, 0.29) is 36.7 Å². The molecule has 7 heteroatoms. The lowest BCUT2D eigenvalue weighted by Crippen LogP contribution is -2.50. The van der Waals surface area contributed by atoms with Crippen molar-refractivity contribution in [1.82, 2.24) is 10.2 Å². The van der Waals surface area contributed by atoms with E-state index in [0.717, 1.165) is 19.3 Å². The quantitative estimate of drug-likeness (QED) is 0.826. The van der Waals surface area contributed by atoms with Crippen LogP contribution in [0.5, 0.6) is 0 Å². The molecule has 6 nitrogen and oxygen atoms in total. The Morgan fingerprint density at radius 1 is 1.24 bits per heavy atom. The molecule has 1 fully saturated rings. The van der Waals surface area contributed by atoms with E-state index in [1.807, 2.05) is 12.1 Å². The summed E-state index contributed by atoms with van der Waals surface area (Å²) in [5.41, 5.74) is 8.51. The topological polar surface area (TPSA) is 84.7 Å². The number of hydrogen-bond acceptors (Lipinski definition) is 4. The van der Waals surface area contributed by atoms with Crippen LogP contribution in [0.2, 0.25) is 0 Å². The van der Waals surface area contributed by atoms with Gasteiger partial charge in [-0.2, -0.15) is 0 Å². The second-order valence-electron chi connectivity index (χ2n) is 6.53. The van der Waals surface area contributed by atoms with Crippen molar-refractivity contribution in [3.63, 3.8) is 0 Å². The molecule has 2 amide bonds. The fourth-order valence-corrected chi connectivity index (χ4v) is 3.39. The Kier molecular flexibility index (Phi) is 7.23. The first-order chi connectivity index (χ1) is 11.6. The Morgan fingerprint density at radius 2 is 1.92 bits per heavy atom.